The van der Waals surface area contributed by atoms with E-state index in [9.17, 15) is 10.1 Å². The van der Waals surface area contributed by atoms with E-state index in [1.165, 1.54) is 16.7 Å². The number of ether oxygens (including phenoxy) is 2. The van der Waals surface area contributed by atoms with Crippen molar-refractivity contribution in [3.05, 3.63) is 74.2 Å². The van der Waals surface area contributed by atoms with Gasteiger partial charge >= 0.3 is 0 Å². The van der Waals surface area contributed by atoms with Crippen molar-refractivity contribution in [1.29, 1.82) is 5.26 Å². The summed E-state index contributed by atoms with van der Waals surface area (Å²) in [6, 6.07) is 13.2. The number of carbonyl (C=O) groups is 1. The summed E-state index contributed by atoms with van der Waals surface area (Å²) < 4.78 is 12.8. The van der Waals surface area contributed by atoms with Gasteiger partial charge in [-0.15, -0.1) is 6.58 Å². The number of thiocarbonyl (C=S) groups is 1. The molecule has 5 nitrogen and oxygen atoms in total. The van der Waals surface area contributed by atoms with Crippen LogP contribution in [0.1, 0.15) is 16.7 Å². The monoisotopic (exact) mass is 548 g/mol. The zero-order chi connectivity index (χ0) is 21.7. The molecule has 1 heterocycles. The fourth-order valence-corrected chi connectivity index (χ4v) is 4.86. The Morgan fingerprint density at radius 2 is 2.13 bits per heavy atom. The van der Waals surface area contributed by atoms with Crippen molar-refractivity contribution in [3.8, 4) is 17.6 Å². The highest BCUT2D eigenvalue weighted by atomic mass is 127. The van der Waals surface area contributed by atoms with Crippen LogP contribution >= 0.6 is 46.6 Å². The average molecular weight is 548 g/mol. The Kier molecular flexibility index (Phi) is 7.53. The lowest BCUT2D eigenvalue weighted by Crippen LogP contribution is -2.27. The first-order chi connectivity index (χ1) is 14.5. The van der Waals surface area contributed by atoms with Gasteiger partial charge in [0.1, 0.15) is 10.9 Å². The zero-order valence-electron chi connectivity index (χ0n) is 16.1. The van der Waals surface area contributed by atoms with E-state index in [4.69, 9.17) is 21.7 Å². The molecule has 8 heteroatoms. The van der Waals surface area contributed by atoms with Gasteiger partial charge in [-0.25, -0.2) is 0 Å². The molecule has 1 saturated heterocycles. The normalized spacial score (nSPS) is 14.7. The lowest BCUT2D eigenvalue weighted by molar-refractivity contribution is -0.121. The van der Waals surface area contributed by atoms with Gasteiger partial charge in [0.05, 0.1) is 27.2 Å². The topological polar surface area (TPSA) is 62.6 Å². The van der Waals surface area contributed by atoms with Crippen LogP contribution in [0.4, 0.5) is 0 Å². The Hall–Kier alpha value is -2.35. The van der Waals surface area contributed by atoms with Crippen LogP contribution in [0.2, 0.25) is 0 Å². The van der Waals surface area contributed by atoms with Crippen LogP contribution in [0.15, 0.2) is 54.0 Å². The number of thioether (sulfide) groups is 1. The second-order valence-electron chi connectivity index (χ2n) is 6.17. The van der Waals surface area contributed by atoms with E-state index in [1.807, 2.05) is 30.3 Å². The number of halogens is 1. The van der Waals surface area contributed by atoms with Crippen molar-refractivity contribution in [3.63, 3.8) is 0 Å². The third-order valence-corrected chi connectivity index (χ3v) is 6.42. The van der Waals surface area contributed by atoms with Gasteiger partial charge in [0, 0.05) is 12.1 Å². The molecule has 0 radical (unpaired) electrons. The first kappa shape index (κ1) is 22.3. The summed E-state index contributed by atoms with van der Waals surface area (Å²) in [5.74, 6) is 0.999. The summed E-state index contributed by atoms with van der Waals surface area (Å²) in [5, 5.41) is 9.25. The van der Waals surface area contributed by atoms with Crippen LogP contribution in [0.25, 0.3) is 6.08 Å². The van der Waals surface area contributed by atoms with Crippen LogP contribution in [0.5, 0.6) is 11.5 Å². The second kappa shape index (κ2) is 10.1. The van der Waals surface area contributed by atoms with Gasteiger partial charge < -0.3 is 9.47 Å². The van der Waals surface area contributed by atoms with E-state index in [-0.39, 0.29) is 12.5 Å². The van der Waals surface area contributed by atoms with Gasteiger partial charge in [-0.3, -0.25) is 9.69 Å². The highest BCUT2D eigenvalue weighted by molar-refractivity contribution is 14.1. The molecular weight excluding hydrogens is 531 g/mol. The van der Waals surface area contributed by atoms with Crippen LogP contribution in [-0.2, 0) is 11.4 Å². The largest absolute Gasteiger partial charge is 0.493 e. The highest BCUT2D eigenvalue weighted by Crippen LogP contribution is 2.37. The van der Waals surface area contributed by atoms with Gasteiger partial charge in [-0.1, -0.05) is 48.3 Å². The molecule has 0 unspecified atom stereocenters. The number of methoxy groups -OCH3 is 1. The smallest absolute Gasteiger partial charge is 0.266 e. The van der Waals surface area contributed by atoms with Crippen LogP contribution in [0.3, 0.4) is 0 Å². The molecule has 0 N–H and O–H groups in total. The van der Waals surface area contributed by atoms with Crippen molar-refractivity contribution < 1.29 is 14.3 Å². The molecule has 30 heavy (non-hydrogen) atoms. The van der Waals surface area contributed by atoms with Gasteiger partial charge in [-0.2, -0.15) is 5.26 Å². The summed E-state index contributed by atoms with van der Waals surface area (Å²) in [4.78, 5) is 14.6. The van der Waals surface area contributed by atoms with Crippen LogP contribution < -0.4 is 9.47 Å². The number of benzene rings is 2. The predicted octanol–water partition coefficient (Wildman–Crippen LogP) is 5.14. The van der Waals surface area contributed by atoms with Gasteiger partial charge in [0.15, 0.2) is 11.5 Å². The first-order valence-electron chi connectivity index (χ1n) is 8.83. The number of amides is 1. The standard InChI is InChI=1S/C22H17IN2O3S2/c1-3-8-25-21(26)19(30-22(25)29)11-14-9-17(23)20(18(10-14)27-2)28-13-16-7-5-4-6-15(16)12-24/h3-7,9-11H,1,8,13H2,2H3/b19-11+. The molecule has 3 rings (SSSR count). The number of hydrogen-bond acceptors (Lipinski definition) is 6. The predicted molar refractivity (Wildman–Crippen MR) is 131 cm³/mol. The van der Waals surface area contributed by atoms with Gasteiger partial charge in [-0.05, 0) is 52.4 Å². The molecule has 0 aliphatic carbocycles. The van der Waals surface area contributed by atoms with Crippen molar-refractivity contribution in [2.24, 2.45) is 0 Å². The maximum Gasteiger partial charge on any atom is 0.266 e. The minimum absolute atomic E-state index is 0.132. The van der Waals surface area contributed by atoms with E-state index in [1.54, 1.807) is 25.3 Å². The second-order valence-corrected chi connectivity index (χ2v) is 9.01. The molecule has 0 saturated carbocycles. The maximum atomic E-state index is 12.6. The first-order valence-corrected chi connectivity index (χ1v) is 11.1. The van der Waals surface area contributed by atoms with E-state index in [0.29, 0.717) is 32.8 Å². The minimum Gasteiger partial charge on any atom is -0.493 e. The van der Waals surface area contributed by atoms with Crippen LogP contribution in [0, 0.1) is 14.9 Å². The molecule has 0 bridgehead atoms. The molecule has 0 atom stereocenters. The minimum atomic E-state index is -0.132. The molecular formula is C22H17IN2O3S2. The van der Waals surface area contributed by atoms with E-state index in [2.05, 4.69) is 35.2 Å². The highest BCUT2D eigenvalue weighted by Gasteiger charge is 2.31. The molecule has 1 fully saturated rings. The van der Waals surface area contributed by atoms with E-state index >= 15 is 0 Å². The van der Waals surface area contributed by atoms with E-state index in [0.717, 1.165) is 14.7 Å². The molecule has 0 aromatic heterocycles. The number of nitrogens with zero attached hydrogens (tertiary/aromatic N) is 2. The average Bonchev–Trinajstić information content (AvgIpc) is 3.00. The molecule has 1 aliphatic rings. The number of nitriles is 1. The zero-order valence-corrected chi connectivity index (χ0v) is 19.8. The molecule has 1 amide bonds. The fourth-order valence-electron chi connectivity index (χ4n) is 2.81. The summed E-state index contributed by atoms with van der Waals surface area (Å²) in [6.45, 7) is 4.30. The van der Waals surface area contributed by atoms with Gasteiger partial charge in [0.25, 0.3) is 5.91 Å². The number of hydrogen-bond donors (Lipinski definition) is 0. The number of rotatable bonds is 7. The molecule has 2 aromatic rings. The Morgan fingerprint density at radius 1 is 1.37 bits per heavy atom. The fraction of sp³-hybridized carbons (Fsp3) is 0.136. The molecule has 2 aromatic carbocycles. The van der Waals surface area contributed by atoms with Crippen molar-refractivity contribution >= 4 is 62.9 Å². The summed E-state index contributed by atoms with van der Waals surface area (Å²) in [7, 11) is 1.56. The SMILES string of the molecule is C=CCN1C(=O)/C(=C\c2cc(I)c(OCc3ccccc3C#N)c(OC)c2)SC1=S. The Balaban J connectivity index is 1.86. The third-order valence-electron chi connectivity index (χ3n) is 4.24. The summed E-state index contributed by atoms with van der Waals surface area (Å²) in [6.07, 6.45) is 3.44. The van der Waals surface area contributed by atoms with Crippen molar-refractivity contribution in [2.75, 3.05) is 13.7 Å². The van der Waals surface area contributed by atoms with Crippen molar-refractivity contribution in [2.45, 2.75) is 6.61 Å². The molecule has 1 aliphatic heterocycles. The van der Waals surface area contributed by atoms with Gasteiger partial charge in [0.2, 0.25) is 0 Å². The molecule has 152 valence electrons. The summed E-state index contributed by atoms with van der Waals surface area (Å²) >= 11 is 8.72. The quantitative estimate of drug-likeness (QED) is 0.207. The lowest BCUT2D eigenvalue weighted by atomic mass is 10.1. The van der Waals surface area contributed by atoms with E-state index < -0.39 is 0 Å². The van der Waals surface area contributed by atoms with Crippen molar-refractivity contribution in [1.82, 2.24) is 4.90 Å². The number of carbonyl (C=O) groups excluding carboxylic acids is 1. The Bertz CT molecular complexity index is 1090. The maximum absolute atomic E-state index is 12.6. The third kappa shape index (κ3) is 4.86. The Labute approximate surface area is 198 Å². The lowest BCUT2D eigenvalue weighted by Gasteiger charge is -2.14. The molecule has 0 spiro atoms. The van der Waals surface area contributed by atoms with Crippen LogP contribution in [-0.4, -0.2) is 28.8 Å². The Morgan fingerprint density at radius 3 is 2.83 bits per heavy atom. The summed E-state index contributed by atoms with van der Waals surface area (Å²) in [5.41, 5.74) is 2.18.